The molecule has 0 aliphatic rings. The van der Waals surface area contributed by atoms with Crippen LogP contribution in [0.2, 0.25) is 0 Å². The smallest absolute Gasteiger partial charge is 0.249 e. The lowest BCUT2D eigenvalue weighted by Crippen LogP contribution is -2.16. The quantitative estimate of drug-likeness (QED) is 0.570. The van der Waals surface area contributed by atoms with E-state index in [9.17, 15) is 4.79 Å². The maximum absolute atomic E-state index is 12.3. The first kappa shape index (κ1) is 18.0. The Balaban J connectivity index is 1.77. The van der Waals surface area contributed by atoms with E-state index in [0.29, 0.717) is 6.42 Å². The van der Waals surface area contributed by atoms with E-state index in [1.54, 1.807) is 23.1 Å². The van der Waals surface area contributed by atoms with Crippen LogP contribution in [0.15, 0.2) is 58.4 Å². The van der Waals surface area contributed by atoms with Crippen LogP contribution in [0, 0.1) is 6.92 Å². The van der Waals surface area contributed by atoms with E-state index in [4.69, 9.17) is 0 Å². The van der Waals surface area contributed by atoms with Crippen molar-refractivity contribution in [3.05, 3.63) is 58.9 Å². The van der Waals surface area contributed by atoms with E-state index < -0.39 is 0 Å². The average Bonchev–Trinajstić information content (AvgIpc) is 2.92. The Hall–Kier alpha value is -1.85. The van der Waals surface area contributed by atoms with Gasteiger partial charge in [-0.1, -0.05) is 42.5 Å². The predicted molar refractivity (Wildman–Crippen MR) is 107 cm³/mol. The van der Waals surface area contributed by atoms with E-state index in [2.05, 4.69) is 53.7 Å². The Morgan fingerprint density at radius 2 is 2.00 bits per heavy atom. The van der Waals surface area contributed by atoms with Crippen molar-refractivity contribution >= 4 is 39.2 Å². The van der Waals surface area contributed by atoms with Crippen LogP contribution in [-0.2, 0) is 11.3 Å². The highest BCUT2D eigenvalue weighted by atomic mass is 32.2. The number of amides is 1. The van der Waals surface area contributed by atoms with Gasteiger partial charge in [-0.15, -0.1) is 11.8 Å². The Morgan fingerprint density at radius 1 is 1.20 bits per heavy atom. The molecule has 0 aliphatic carbocycles. The minimum Gasteiger partial charge on any atom is -0.316 e. The molecule has 0 N–H and O–H groups in total. The monoisotopic (exact) mass is 370 g/mol. The number of aromatic nitrogens is 1. The molecule has 0 bridgehead atoms. The van der Waals surface area contributed by atoms with E-state index in [0.717, 1.165) is 23.5 Å². The number of aryl methyl sites for hydroxylation is 2. The molecule has 0 atom stereocenters. The highest BCUT2D eigenvalue weighted by Gasteiger charge is 2.08. The van der Waals surface area contributed by atoms with E-state index in [1.165, 1.54) is 20.7 Å². The molecule has 3 nitrogen and oxygen atoms in total. The lowest BCUT2D eigenvalue weighted by atomic mass is 10.2. The third-order valence-corrected chi connectivity index (χ3v) is 5.89. The van der Waals surface area contributed by atoms with Crippen molar-refractivity contribution in [1.29, 1.82) is 0 Å². The van der Waals surface area contributed by atoms with Crippen LogP contribution in [0.5, 0.6) is 0 Å². The molecule has 3 aromatic rings. The van der Waals surface area contributed by atoms with Crippen LogP contribution in [0.25, 0.3) is 10.2 Å². The lowest BCUT2D eigenvalue weighted by molar-refractivity contribution is -0.117. The van der Waals surface area contributed by atoms with Gasteiger partial charge in [0.25, 0.3) is 0 Å². The molecule has 2 aromatic carbocycles. The zero-order valence-corrected chi connectivity index (χ0v) is 16.2. The maximum Gasteiger partial charge on any atom is 0.249 e. The van der Waals surface area contributed by atoms with Gasteiger partial charge in [0.2, 0.25) is 5.91 Å². The van der Waals surface area contributed by atoms with Gasteiger partial charge in [0.1, 0.15) is 0 Å². The summed E-state index contributed by atoms with van der Waals surface area (Å²) in [6, 6.07) is 16.6. The molecule has 3 rings (SSSR count). The zero-order chi connectivity index (χ0) is 17.6. The van der Waals surface area contributed by atoms with Crippen molar-refractivity contribution in [2.45, 2.75) is 38.1 Å². The van der Waals surface area contributed by atoms with Gasteiger partial charge in [-0.05, 0) is 43.2 Å². The molecule has 1 amide bonds. The number of benzene rings is 2. The molecule has 130 valence electrons. The highest BCUT2D eigenvalue weighted by molar-refractivity contribution is 7.99. The SMILES string of the molecule is CCCn1c(=NC(=O)CCSc2ccccc2)sc2cc(C)ccc21. The molecule has 0 radical (unpaired) electrons. The second-order valence-corrected chi connectivity index (χ2v) is 8.10. The number of thiazole rings is 1. The average molecular weight is 371 g/mol. The van der Waals surface area contributed by atoms with Crippen LogP contribution >= 0.6 is 23.1 Å². The number of hydrogen-bond donors (Lipinski definition) is 0. The van der Waals surface area contributed by atoms with Gasteiger partial charge in [-0.25, -0.2) is 0 Å². The first-order chi connectivity index (χ1) is 12.2. The molecular weight excluding hydrogens is 348 g/mol. The molecule has 0 saturated heterocycles. The van der Waals surface area contributed by atoms with Crippen LogP contribution in [-0.4, -0.2) is 16.2 Å². The summed E-state index contributed by atoms with van der Waals surface area (Å²) in [7, 11) is 0. The van der Waals surface area contributed by atoms with E-state index in [1.807, 2.05) is 18.2 Å². The van der Waals surface area contributed by atoms with Gasteiger partial charge in [-0.3, -0.25) is 4.79 Å². The molecule has 0 unspecified atom stereocenters. The molecule has 5 heteroatoms. The van der Waals surface area contributed by atoms with Crippen LogP contribution in [0.1, 0.15) is 25.3 Å². The van der Waals surface area contributed by atoms with Crippen molar-refractivity contribution < 1.29 is 4.79 Å². The van der Waals surface area contributed by atoms with Crippen molar-refractivity contribution in [2.75, 3.05) is 5.75 Å². The number of thioether (sulfide) groups is 1. The molecule has 0 aliphatic heterocycles. The maximum atomic E-state index is 12.3. The standard InChI is InChI=1S/C20H22N2OS2/c1-3-12-22-17-10-9-15(2)14-18(17)25-20(22)21-19(23)11-13-24-16-7-5-4-6-8-16/h4-10,14H,3,11-13H2,1-2H3. The fourth-order valence-electron chi connectivity index (χ4n) is 2.64. The summed E-state index contributed by atoms with van der Waals surface area (Å²) in [5.41, 5.74) is 2.40. The second-order valence-electron chi connectivity index (χ2n) is 5.92. The number of fused-ring (bicyclic) bond motifs is 1. The van der Waals surface area contributed by atoms with Gasteiger partial charge >= 0.3 is 0 Å². The van der Waals surface area contributed by atoms with Crippen LogP contribution in [0.3, 0.4) is 0 Å². The Morgan fingerprint density at radius 3 is 2.76 bits per heavy atom. The molecule has 0 fully saturated rings. The summed E-state index contributed by atoms with van der Waals surface area (Å²) in [5.74, 6) is 0.709. The zero-order valence-electron chi connectivity index (χ0n) is 14.6. The first-order valence-corrected chi connectivity index (χ1v) is 10.3. The Bertz CT molecular complexity index is 926. The predicted octanol–water partition coefficient (Wildman–Crippen LogP) is 5.03. The summed E-state index contributed by atoms with van der Waals surface area (Å²) in [5, 5.41) is 0. The minimum absolute atomic E-state index is 0.0448. The van der Waals surface area contributed by atoms with Gasteiger partial charge < -0.3 is 4.57 Å². The summed E-state index contributed by atoms with van der Waals surface area (Å²) < 4.78 is 3.36. The van der Waals surface area contributed by atoms with Crippen molar-refractivity contribution in [3.8, 4) is 0 Å². The van der Waals surface area contributed by atoms with Gasteiger partial charge in [0.15, 0.2) is 4.80 Å². The number of hydrogen-bond acceptors (Lipinski definition) is 3. The number of carbonyl (C=O) groups is 1. The highest BCUT2D eigenvalue weighted by Crippen LogP contribution is 2.20. The van der Waals surface area contributed by atoms with Crippen molar-refractivity contribution in [3.63, 3.8) is 0 Å². The van der Waals surface area contributed by atoms with E-state index in [-0.39, 0.29) is 5.91 Å². The first-order valence-electron chi connectivity index (χ1n) is 8.53. The third-order valence-electron chi connectivity index (χ3n) is 3.83. The fourth-order valence-corrected chi connectivity index (χ4v) is 4.67. The Labute approximate surface area is 156 Å². The normalized spacial score (nSPS) is 12.0. The molecule has 25 heavy (non-hydrogen) atoms. The number of rotatable bonds is 6. The topological polar surface area (TPSA) is 34.4 Å². The molecule has 0 saturated carbocycles. The number of nitrogens with zero attached hydrogens (tertiary/aromatic N) is 2. The molecule has 1 aromatic heterocycles. The summed E-state index contributed by atoms with van der Waals surface area (Å²) in [6.07, 6.45) is 1.48. The van der Waals surface area contributed by atoms with Gasteiger partial charge in [0.05, 0.1) is 10.2 Å². The van der Waals surface area contributed by atoms with E-state index >= 15 is 0 Å². The number of carbonyl (C=O) groups excluding carboxylic acids is 1. The van der Waals surface area contributed by atoms with Crippen LogP contribution < -0.4 is 4.80 Å². The van der Waals surface area contributed by atoms with Gasteiger partial charge in [-0.2, -0.15) is 4.99 Å². The van der Waals surface area contributed by atoms with Gasteiger partial charge in [0, 0.05) is 23.6 Å². The molecular formula is C20H22N2OS2. The summed E-state index contributed by atoms with van der Waals surface area (Å²) >= 11 is 3.30. The second kappa shape index (κ2) is 8.50. The van der Waals surface area contributed by atoms with Crippen molar-refractivity contribution in [2.24, 2.45) is 4.99 Å². The Kier molecular flexibility index (Phi) is 6.10. The summed E-state index contributed by atoms with van der Waals surface area (Å²) in [6.45, 7) is 5.12. The largest absolute Gasteiger partial charge is 0.316 e. The van der Waals surface area contributed by atoms with Crippen molar-refractivity contribution in [1.82, 2.24) is 4.57 Å². The molecule has 1 heterocycles. The minimum atomic E-state index is -0.0448. The summed E-state index contributed by atoms with van der Waals surface area (Å²) in [4.78, 5) is 18.7. The lowest BCUT2D eigenvalue weighted by Gasteiger charge is -2.03. The molecule has 0 spiro atoms. The fraction of sp³-hybridized carbons (Fsp3) is 0.300. The van der Waals surface area contributed by atoms with Crippen LogP contribution in [0.4, 0.5) is 0 Å². The third kappa shape index (κ3) is 4.61.